The van der Waals surface area contributed by atoms with Gasteiger partial charge in [0.25, 0.3) is 0 Å². The van der Waals surface area contributed by atoms with Crippen LogP contribution >= 0.6 is 0 Å². The smallest absolute Gasteiger partial charge is 0.311 e. The van der Waals surface area contributed by atoms with E-state index in [9.17, 15) is 14.7 Å². The molecule has 0 saturated heterocycles. The molecule has 3 aromatic carbocycles. The molecule has 6 heteroatoms. The molecule has 0 aliphatic rings. The van der Waals surface area contributed by atoms with Gasteiger partial charge in [-0.3, -0.25) is 9.59 Å². The normalized spacial score (nSPS) is 15.5. The third-order valence-electron chi connectivity index (χ3n) is 7.45. The van der Waals surface area contributed by atoms with Crippen LogP contribution in [0.2, 0.25) is 0 Å². The molecule has 5 unspecified atom stereocenters. The van der Waals surface area contributed by atoms with E-state index in [1.54, 1.807) is 20.8 Å². The van der Waals surface area contributed by atoms with Crippen LogP contribution in [-0.2, 0) is 20.7 Å². The summed E-state index contributed by atoms with van der Waals surface area (Å²) in [6.45, 7) is 9.43. The van der Waals surface area contributed by atoms with Gasteiger partial charge < -0.3 is 21.3 Å². The zero-order chi connectivity index (χ0) is 29.4. The Labute approximate surface area is 238 Å². The van der Waals surface area contributed by atoms with Crippen LogP contribution in [0.4, 0.5) is 0 Å². The van der Waals surface area contributed by atoms with Crippen molar-refractivity contribution in [2.45, 2.75) is 77.7 Å². The van der Waals surface area contributed by atoms with Crippen LogP contribution in [-0.4, -0.2) is 28.6 Å². The van der Waals surface area contributed by atoms with Crippen molar-refractivity contribution in [3.05, 3.63) is 107 Å². The van der Waals surface area contributed by atoms with Crippen LogP contribution < -0.4 is 11.5 Å². The highest BCUT2D eigenvalue weighted by molar-refractivity contribution is 5.83. The highest BCUT2D eigenvalue weighted by atomic mass is 16.6. The van der Waals surface area contributed by atoms with E-state index in [4.69, 9.17) is 16.2 Å². The maximum absolute atomic E-state index is 13.8. The lowest BCUT2D eigenvalue weighted by Crippen LogP contribution is -2.42. The third kappa shape index (κ3) is 8.34. The number of rotatable bonds is 12. The minimum Gasteiger partial charge on any atom is -0.460 e. The SMILES string of the molecule is Cc1cccc(C)c1CCC(=O)C(C(O)CC(C(=O)OC(C)(C)C)C(N)c1ccccc1)C(N)c1ccccc1. The van der Waals surface area contributed by atoms with Crippen molar-refractivity contribution in [1.29, 1.82) is 0 Å². The fourth-order valence-corrected chi connectivity index (χ4v) is 5.28. The summed E-state index contributed by atoms with van der Waals surface area (Å²) in [4.78, 5) is 27.2. The highest BCUT2D eigenvalue weighted by Gasteiger charge is 2.39. The first-order valence-corrected chi connectivity index (χ1v) is 14.0. The highest BCUT2D eigenvalue weighted by Crippen LogP contribution is 2.33. The van der Waals surface area contributed by atoms with E-state index in [1.807, 2.05) is 92.7 Å². The van der Waals surface area contributed by atoms with Crippen molar-refractivity contribution < 1.29 is 19.4 Å². The molecule has 214 valence electrons. The minimum absolute atomic E-state index is 0.0642. The fraction of sp³-hybridized carbons (Fsp3) is 0.412. The summed E-state index contributed by atoms with van der Waals surface area (Å²) < 4.78 is 5.71. The second kappa shape index (κ2) is 13.8. The number of esters is 1. The van der Waals surface area contributed by atoms with E-state index in [1.165, 1.54) is 0 Å². The number of nitrogens with two attached hydrogens (primary N) is 2. The van der Waals surface area contributed by atoms with Gasteiger partial charge in [0.1, 0.15) is 11.4 Å². The van der Waals surface area contributed by atoms with Crippen molar-refractivity contribution in [1.82, 2.24) is 0 Å². The van der Waals surface area contributed by atoms with Crippen LogP contribution in [0.1, 0.15) is 73.5 Å². The lowest BCUT2D eigenvalue weighted by atomic mass is 9.78. The maximum Gasteiger partial charge on any atom is 0.311 e. The van der Waals surface area contributed by atoms with Gasteiger partial charge in [0, 0.05) is 18.5 Å². The van der Waals surface area contributed by atoms with Gasteiger partial charge in [0.15, 0.2) is 0 Å². The van der Waals surface area contributed by atoms with Gasteiger partial charge in [-0.25, -0.2) is 0 Å². The predicted molar refractivity (Wildman–Crippen MR) is 159 cm³/mol. The third-order valence-corrected chi connectivity index (χ3v) is 7.45. The van der Waals surface area contributed by atoms with Gasteiger partial charge in [-0.15, -0.1) is 0 Å². The number of aryl methyl sites for hydroxylation is 2. The minimum atomic E-state index is -1.21. The lowest BCUT2D eigenvalue weighted by Gasteiger charge is -2.33. The van der Waals surface area contributed by atoms with Crippen molar-refractivity contribution in [2.24, 2.45) is 23.3 Å². The summed E-state index contributed by atoms with van der Waals surface area (Å²) in [7, 11) is 0. The van der Waals surface area contributed by atoms with Crippen molar-refractivity contribution >= 4 is 11.8 Å². The molecule has 40 heavy (non-hydrogen) atoms. The largest absolute Gasteiger partial charge is 0.460 e. The van der Waals surface area contributed by atoms with Gasteiger partial charge in [-0.1, -0.05) is 78.9 Å². The first-order chi connectivity index (χ1) is 18.9. The Kier molecular flexibility index (Phi) is 10.8. The standard InChI is InChI=1S/C34H44N2O4/c1-22-13-12-14-23(2)26(22)19-20-28(37)30(32(36)25-17-10-7-11-18-25)29(38)21-27(33(39)40-34(3,4)5)31(35)24-15-8-6-9-16-24/h6-18,27,29-32,38H,19-21,35-36H2,1-5H3. The molecule has 0 aromatic heterocycles. The molecule has 6 nitrogen and oxygen atoms in total. The molecule has 0 heterocycles. The van der Waals surface area contributed by atoms with Crippen molar-refractivity contribution in [3.63, 3.8) is 0 Å². The summed E-state index contributed by atoms with van der Waals surface area (Å²) in [6.07, 6.45) is -0.518. The van der Waals surface area contributed by atoms with Crippen molar-refractivity contribution in [3.8, 4) is 0 Å². The molecule has 0 bridgehead atoms. The van der Waals surface area contributed by atoms with E-state index in [2.05, 4.69) is 0 Å². The first kappa shape index (κ1) is 31.2. The number of hydrogen-bond donors (Lipinski definition) is 3. The summed E-state index contributed by atoms with van der Waals surface area (Å²) >= 11 is 0. The Bertz CT molecular complexity index is 1230. The first-order valence-electron chi connectivity index (χ1n) is 14.0. The van der Waals surface area contributed by atoms with E-state index in [0.717, 1.165) is 27.8 Å². The van der Waals surface area contributed by atoms with E-state index < -0.39 is 41.6 Å². The molecular weight excluding hydrogens is 500 g/mol. The fourth-order valence-electron chi connectivity index (χ4n) is 5.28. The van der Waals surface area contributed by atoms with Gasteiger partial charge >= 0.3 is 5.97 Å². The monoisotopic (exact) mass is 544 g/mol. The zero-order valence-corrected chi connectivity index (χ0v) is 24.3. The molecule has 0 aliphatic heterocycles. The summed E-state index contributed by atoms with van der Waals surface area (Å²) in [5, 5.41) is 11.7. The number of aliphatic hydroxyl groups excluding tert-OH is 1. The van der Waals surface area contributed by atoms with E-state index >= 15 is 0 Å². The molecule has 0 saturated carbocycles. The molecule has 5 atom stereocenters. The van der Waals surface area contributed by atoms with E-state index in [-0.39, 0.29) is 18.6 Å². The van der Waals surface area contributed by atoms with Crippen LogP contribution in [0.25, 0.3) is 0 Å². The number of ketones is 1. The van der Waals surface area contributed by atoms with Crippen molar-refractivity contribution in [2.75, 3.05) is 0 Å². The Hall–Kier alpha value is -3.32. The van der Waals surface area contributed by atoms with E-state index in [0.29, 0.717) is 6.42 Å². The maximum atomic E-state index is 13.8. The zero-order valence-electron chi connectivity index (χ0n) is 24.3. The average Bonchev–Trinajstić information content (AvgIpc) is 2.91. The molecule has 0 radical (unpaired) electrons. The Morgan fingerprint density at radius 3 is 1.80 bits per heavy atom. The van der Waals surface area contributed by atoms with Gasteiger partial charge in [0.2, 0.25) is 0 Å². The molecule has 3 aromatic rings. The van der Waals surface area contributed by atoms with Crippen LogP contribution in [0, 0.1) is 25.7 Å². The number of ether oxygens (including phenoxy) is 1. The second-order valence-corrected chi connectivity index (χ2v) is 11.7. The average molecular weight is 545 g/mol. The molecule has 0 spiro atoms. The number of carbonyl (C=O) groups is 2. The number of aliphatic hydroxyl groups is 1. The van der Waals surface area contributed by atoms with Gasteiger partial charge in [-0.05, 0) is 75.3 Å². The number of carbonyl (C=O) groups excluding carboxylic acids is 2. The Morgan fingerprint density at radius 2 is 1.30 bits per heavy atom. The summed E-state index contributed by atoms with van der Waals surface area (Å²) in [5.41, 5.74) is 17.4. The van der Waals surface area contributed by atoms with Gasteiger partial charge in [-0.2, -0.15) is 0 Å². The Morgan fingerprint density at radius 1 is 0.800 bits per heavy atom. The quantitative estimate of drug-likeness (QED) is 0.258. The molecule has 0 fully saturated rings. The lowest BCUT2D eigenvalue weighted by molar-refractivity contribution is -0.163. The van der Waals surface area contributed by atoms with Crippen LogP contribution in [0.15, 0.2) is 78.9 Å². The molecule has 0 amide bonds. The number of hydrogen-bond acceptors (Lipinski definition) is 6. The topological polar surface area (TPSA) is 116 Å². The second-order valence-electron chi connectivity index (χ2n) is 11.7. The Balaban J connectivity index is 1.92. The number of benzene rings is 3. The molecular formula is C34H44N2O4. The summed E-state index contributed by atoms with van der Waals surface area (Å²) in [5.74, 6) is -2.48. The molecule has 0 aliphatic carbocycles. The predicted octanol–water partition coefficient (Wildman–Crippen LogP) is 5.53. The van der Waals surface area contributed by atoms with Crippen LogP contribution in [0.3, 0.4) is 0 Å². The van der Waals surface area contributed by atoms with Gasteiger partial charge in [0.05, 0.1) is 17.9 Å². The molecule has 3 rings (SSSR count). The molecule has 5 N–H and O–H groups in total. The summed E-state index contributed by atoms with van der Waals surface area (Å²) in [6, 6.07) is 23.1. The van der Waals surface area contributed by atoms with Crippen LogP contribution in [0.5, 0.6) is 0 Å². The number of Topliss-reactive ketones (excluding diaryl/α,β-unsaturated/α-hetero) is 1.